The molecule has 2 aromatic heterocycles. The van der Waals surface area contributed by atoms with Crippen molar-refractivity contribution in [3.05, 3.63) is 48.4 Å². The molecule has 0 aliphatic carbocycles. The molecule has 0 radical (unpaired) electrons. The first-order chi connectivity index (χ1) is 14.1. The Morgan fingerprint density at radius 3 is 1.33 bits per heavy atom. The predicted octanol–water partition coefficient (Wildman–Crippen LogP) is 2.17. The lowest BCUT2D eigenvalue weighted by atomic mass is 10.1. The largest absolute Gasteiger partial charge is 0.514 e. The van der Waals surface area contributed by atoms with Crippen LogP contribution in [0, 0.1) is 0 Å². The zero-order valence-electron chi connectivity index (χ0n) is 15.5. The van der Waals surface area contributed by atoms with Gasteiger partial charge in [-0.3, -0.25) is 27.9 Å². The van der Waals surface area contributed by atoms with Crippen LogP contribution in [0.4, 0.5) is 4.79 Å². The van der Waals surface area contributed by atoms with Crippen molar-refractivity contribution >= 4 is 29.7 Å². The van der Waals surface area contributed by atoms with Crippen molar-refractivity contribution < 1.29 is 61.2 Å². The molecule has 0 saturated heterocycles. The van der Waals surface area contributed by atoms with Gasteiger partial charge in [-0.2, -0.15) is 0 Å². The minimum absolute atomic E-state index is 0.256. The summed E-state index contributed by atoms with van der Waals surface area (Å²) in [4.78, 5) is 58.6. The Morgan fingerprint density at radius 2 is 1.07 bits per heavy atom. The number of hydrogen-bond donors (Lipinski definition) is 0. The zero-order valence-corrected chi connectivity index (χ0v) is 15.5. The van der Waals surface area contributed by atoms with Gasteiger partial charge in [0.05, 0.1) is 0 Å². The number of ketones is 2. The highest BCUT2D eigenvalue weighted by Gasteiger charge is 2.28. The molecule has 0 saturated carbocycles. The van der Waals surface area contributed by atoms with Crippen molar-refractivity contribution in [2.45, 2.75) is 26.4 Å². The van der Waals surface area contributed by atoms with E-state index in [4.69, 9.17) is 9.47 Å². The van der Waals surface area contributed by atoms with Gasteiger partial charge in [0.2, 0.25) is 24.1 Å². The third kappa shape index (κ3) is 5.37. The molecule has 0 aliphatic heterocycles. The van der Waals surface area contributed by atoms with Crippen molar-refractivity contribution in [3.8, 4) is 0 Å². The summed E-state index contributed by atoms with van der Waals surface area (Å²) in [6, 6.07) is 0. The average Bonchev–Trinajstić information content (AvgIpc) is 2.56. The Hall–Kier alpha value is -4.29. The SMILES string of the molecule is C=C(C(=O)OC(C)OC(=O)OC(C)OC(=O)C(=C)C(=O)c1coo1)C(=O)c1coo1. The molecule has 2 atom stereocenters. The highest BCUT2D eigenvalue weighted by Crippen LogP contribution is 2.13. The maximum atomic E-state index is 11.8. The van der Waals surface area contributed by atoms with Crippen LogP contribution in [0.15, 0.2) is 55.1 Å². The van der Waals surface area contributed by atoms with E-state index in [1.807, 2.05) is 0 Å². The van der Waals surface area contributed by atoms with Gasteiger partial charge < -0.3 is 18.9 Å². The van der Waals surface area contributed by atoms with Gasteiger partial charge in [0, 0.05) is 13.8 Å². The quantitative estimate of drug-likeness (QED) is 0.103. The van der Waals surface area contributed by atoms with Crippen molar-refractivity contribution in [1.29, 1.82) is 0 Å². The van der Waals surface area contributed by atoms with Gasteiger partial charge in [-0.05, 0) is 0 Å². The van der Waals surface area contributed by atoms with Gasteiger partial charge in [-0.1, -0.05) is 13.2 Å². The summed E-state index contributed by atoms with van der Waals surface area (Å²) < 4.78 is 35.7. The fourth-order valence-corrected chi connectivity index (χ4v) is 1.65. The summed E-state index contributed by atoms with van der Waals surface area (Å²) in [6.07, 6.45) is -2.48. The molecule has 2 unspecified atom stereocenters. The van der Waals surface area contributed by atoms with Gasteiger partial charge in [-0.15, -0.1) is 0 Å². The molecule has 30 heavy (non-hydrogen) atoms. The Bertz CT molecular complexity index is 882. The zero-order chi connectivity index (χ0) is 22.4. The molecule has 2 rings (SSSR count). The second-order valence-electron chi connectivity index (χ2n) is 5.37. The molecule has 160 valence electrons. The Labute approximate surface area is 166 Å². The number of hydrogen-bond acceptors (Lipinski definition) is 13. The van der Waals surface area contributed by atoms with Gasteiger partial charge >= 0.3 is 18.1 Å². The molecule has 0 amide bonds. The summed E-state index contributed by atoms with van der Waals surface area (Å²) >= 11 is 0. The molecule has 0 N–H and O–H groups in total. The number of esters is 2. The summed E-state index contributed by atoms with van der Waals surface area (Å²) in [5.41, 5.74) is -1.20. The van der Waals surface area contributed by atoms with Crippen LogP contribution in [0.3, 0.4) is 0 Å². The number of ether oxygens (including phenoxy) is 4. The number of rotatable bonds is 10. The third-order valence-electron chi connectivity index (χ3n) is 3.15. The molecule has 2 aromatic rings. The molecule has 0 bridgehead atoms. The van der Waals surface area contributed by atoms with Crippen LogP contribution in [0.25, 0.3) is 0 Å². The average molecular weight is 426 g/mol. The van der Waals surface area contributed by atoms with E-state index in [0.717, 1.165) is 26.4 Å². The number of Topliss-reactive ketones (excluding diaryl/α,β-unsaturated/α-hetero) is 2. The fourth-order valence-electron chi connectivity index (χ4n) is 1.65. The van der Waals surface area contributed by atoms with Gasteiger partial charge in [-0.25, -0.2) is 14.4 Å². The molecular weight excluding hydrogens is 412 g/mol. The van der Waals surface area contributed by atoms with Crippen molar-refractivity contribution in [2.75, 3.05) is 0 Å². The van der Waals surface area contributed by atoms with Gasteiger partial charge in [0.15, 0.2) is 12.5 Å². The monoisotopic (exact) mass is 426 g/mol. The maximum Gasteiger partial charge on any atom is 0.514 e. The highest BCUT2D eigenvalue weighted by molar-refractivity contribution is 6.23. The predicted molar refractivity (Wildman–Crippen MR) is 87.6 cm³/mol. The van der Waals surface area contributed by atoms with Crippen molar-refractivity contribution in [2.24, 2.45) is 0 Å². The van der Waals surface area contributed by atoms with Crippen molar-refractivity contribution in [1.82, 2.24) is 0 Å². The normalized spacial score (nSPS) is 12.3. The lowest BCUT2D eigenvalue weighted by molar-refractivity contribution is -0.175. The van der Waals surface area contributed by atoms with Crippen LogP contribution < -0.4 is 0 Å². The molecule has 13 heteroatoms. The van der Waals surface area contributed by atoms with Crippen LogP contribution in [0.1, 0.15) is 35.0 Å². The lowest BCUT2D eigenvalue weighted by Crippen LogP contribution is -2.29. The number of carbonyl (C=O) groups excluding carboxylic acids is 5. The van der Waals surface area contributed by atoms with Crippen LogP contribution in [0.2, 0.25) is 0 Å². The molecule has 0 aliphatic rings. The topological polar surface area (TPSA) is 175 Å². The van der Waals surface area contributed by atoms with E-state index in [-0.39, 0.29) is 11.5 Å². The van der Waals surface area contributed by atoms with E-state index in [9.17, 15) is 24.0 Å². The van der Waals surface area contributed by atoms with E-state index in [0.29, 0.717) is 0 Å². The lowest BCUT2D eigenvalue weighted by Gasteiger charge is -2.17. The molecular formula is C17H14O13. The van der Waals surface area contributed by atoms with Crippen LogP contribution in [-0.2, 0) is 28.5 Å². The van der Waals surface area contributed by atoms with E-state index in [1.165, 1.54) is 0 Å². The maximum absolute atomic E-state index is 11.8. The summed E-state index contributed by atoms with van der Waals surface area (Å²) in [5, 5.41) is 0. The van der Waals surface area contributed by atoms with Gasteiger partial charge in [0.1, 0.15) is 11.1 Å². The molecule has 0 aromatic carbocycles. The first-order valence-electron chi connectivity index (χ1n) is 7.93. The first-order valence-corrected chi connectivity index (χ1v) is 7.93. The minimum Gasteiger partial charge on any atom is -0.422 e. The van der Waals surface area contributed by atoms with E-state index < -0.39 is 53.4 Å². The van der Waals surface area contributed by atoms with Gasteiger partial charge in [0.25, 0.3) is 11.5 Å². The van der Waals surface area contributed by atoms with E-state index >= 15 is 0 Å². The van der Waals surface area contributed by atoms with E-state index in [2.05, 4.69) is 40.9 Å². The molecule has 2 heterocycles. The molecule has 0 fully saturated rings. The summed E-state index contributed by atoms with van der Waals surface area (Å²) in [5.74, 6) is -4.66. The van der Waals surface area contributed by atoms with Crippen LogP contribution >= 0.6 is 0 Å². The third-order valence-corrected chi connectivity index (χ3v) is 3.15. The first kappa shape index (κ1) is 22.0. The van der Waals surface area contributed by atoms with E-state index in [1.54, 1.807) is 0 Å². The summed E-state index contributed by atoms with van der Waals surface area (Å²) in [7, 11) is 0. The highest BCUT2D eigenvalue weighted by atomic mass is 17.0. The fraction of sp³-hybridized carbons (Fsp3) is 0.235. The van der Waals surface area contributed by atoms with Crippen LogP contribution in [0.5, 0.6) is 0 Å². The minimum atomic E-state index is -1.50. The Balaban J connectivity index is 1.75. The summed E-state index contributed by atoms with van der Waals surface area (Å²) in [6.45, 7) is 8.76. The number of carbonyl (C=O) groups is 5. The van der Waals surface area contributed by atoms with Crippen molar-refractivity contribution in [3.63, 3.8) is 0 Å². The smallest absolute Gasteiger partial charge is 0.422 e. The standard InChI is InChI=1S/C17H14O13/c1-7(13(18)11-5-23-29-11)15(20)25-9(3)27-17(22)28-10(4)26-16(21)8(2)14(19)12-6-24-30-12/h5-6,9-10H,1-2H2,3-4H3. The second-order valence-corrected chi connectivity index (χ2v) is 5.37. The Morgan fingerprint density at radius 1 is 0.733 bits per heavy atom. The van der Waals surface area contributed by atoms with Crippen LogP contribution in [-0.4, -0.2) is 42.2 Å². The molecule has 0 spiro atoms. The molecule has 13 nitrogen and oxygen atoms in total. The Kier molecular flexibility index (Phi) is 6.80. The second kappa shape index (κ2) is 9.27.